The van der Waals surface area contributed by atoms with E-state index in [0.717, 1.165) is 0 Å². The number of unbranched alkanes of at least 4 members (excludes halogenated alkanes) is 76. The summed E-state index contributed by atoms with van der Waals surface area (Å²) in [6, 6.07) is 0. The first-order chi connectivity index (χ1) is 52.7. The van der Waals surface area contributed by atoms with Crippen LogP contribution in [-0.2, 0) is 0 Å². The van der Waals surface area contributed by atoms with E-state index in [9.17, 15) is 0 Å². The predicted molar refractivity (Wildman–Crippen MR) is 485 cm³/mol. The standard InChI is InChI=1S/C101H207N5/c1-6-11-16-21-26-31-36-41-46-51-56-61-66-71-76-81-86-91-104(94-92-102(87-82-77-72-67-62-57-52-47-42-37-32-27-22-17-12-7-2)88-83-78-73-68-63-58-53-48-43-38-33-28-23-18-13-8-3)95-97-106-100-98-105(99-101-106)96-93-103(89-84-79-74-69-64-59-54-49-44-39-34-29-24-19-14-9-4)90-85-80-75-70-65-60-55-50-45-40-35-30-25-20-15-10-5/h6-101H2,1-5H3. The summed E-state index contributed by atoms with van der Waals surface area (Å²) in [7, 11) is 0. The Bertz CT molecular complexity index is 1460. The summed E-state index contributed by atoms with van der Waals surface area (Å²) in [6.07, 6.45) is 118. The summed E-state index contributed by atoms with van der Waals surface area (Å²) in [6.45, 7) is 31.1. The fraction of sp³-hybridized carbons (Fsp3) is 1.00. The minimum atomic E-state index is 1.27. The van der Waals surface area contributed by atoms with Gasteiger partial charge in [0.1, 0.15) is 0 Å². The molecule has 0 aromatic rings. The van der Waals surface area contributed by atoms with Gasteiger partial charge in [0.15, 0.2) is 0 Å². The Labute approximate surface area is 673 Å². The molecular weight excluding hydrogens is 1280 g/mol. The Morgan fingerprint density at radius 3 is 0.358 bits per heavy atom. The molecule has 0 bridgehead atoms. The number of hydrogen-bond donors (Lipinski definition) is 0. The van der Waals surface area contributed by atoms with Crippen LogP contribution in [0.15, 0.2) is 0 Å². The van der Waals surface area contributed by atoms with Crippen LogP contribution in [0.5, 0.6) is 0 Å². The van der Waals surface area contributed by atoms with Crippen LogP contribution in [0.2, 0.25) is 0 Å². The van der Waals surface area contributed by atoms with E-state index in [1.165, 1.54) is 618 Å². The molecule has 1 aliphatic rings. The summed E-state index contributed by atoms with van der Waals surface area (Å²) in [5.74, 6) is 0. The molecule has 0 radical (unpaired) electrons. The number of piperazine rings is 1. The molecule has 0 N–H and O–H groups in total. The van der Waals surface area contributed by atoms with E-state index in [4.69, 9.17) is 0 Å². The molecule has 0 aromatic carbocycles. The second kappa shape index (κ2) is 92.0. The Morgan fingerprint density at radius 1 is 0.123 bits per heavy atom. The molecule has 1 fully saturated rings. The van der Waals surface area contributed by atoms with Crippen LogP contribution >= 0.6 is 0 Å². The zero-order chi connectivity index (χ0) is 75.8. The van der Waals surface area contributed by atoms with Crippen LogP contribution in [0.25, 0.3) is 0 Å². The predicted octanol–water partition coefficient (Wildman–Crippen LogP) is 33.2. The van der Waals surface area contributed by atoms with Crippen LogP contribution < -0.4 is 0 Å². The molecule has 1 heterocycles. The Morgan fingerprint density at radius 2 is 0.226 bits per heavy atom. The highest BCUT2D eigenvalue weighted by atomic mass is 15.3. The van der Waals surface area contributed by atoms with Gasteiger partial charge in [-0.25, -0.2) is 0 Å². The van der Waals surface area contributed by atoms with Crippen LogP contribution in [0.4, 0.5) is 0 Å². The fourth-order valence-electron chi connectivity index (χ4n) is 17.7. The van der Waals surface area contributed by atoms with E-state index < -0.39 is 0 Å². The van der Waals surface area contributed by atoms with Crippen molar-refractivity contribution in [1.82, 2.24) is 24.5 Å². The van der Waals surface area contributed by atoms with Crippen LogP contribution in [0.3, 0.4) is 0 Å². The second-order valence-corrected chi connectivity index (χ2v) is 36.1. The van der Waals surface area contributed by atoms with Crippen molar-refractivity contribution in [2.45, 2.75) is 555 Å². The van der Waals surface area contributed by atoms with Gasteiger partial charge in [-0.15, -0.1) is 0 Å². The molecule has 0 atom stereocenters. The molecule has 1 rings (SSSR count). The van der Waals surface area contributed by atoms with Crippen molar-refractivity contribution in [3.05, 3.63) is 0 Å². The summed E-state index contributed by atoms with van der Waals surface area (Å²) >= 11 is 0. The van der Waals surface area contributed by atoms with Gasteiger partial charge < -0.3 is 14.7 Å². The van der Waals surface area contributed by atoms with E-state index in [2.05, 4.69) is 59.1 Å². The maximum atomic E-state index is 2.97. The molecule has 0 amide bonds. The molecule has 1 saturated heterocycles. The average Bonchev–Trinajstić information content (AvgIpc) is 0.903. The fourth-order valence-corrected chi connectivity index (χ4v) is 17.7. The minimum Gasteiger partial charge on any atom is -0.302 e. The topological polar surface area (TPSA) is 16.2 Å². The third-order valence-electron chi connectivity index (χ3n) is 25.6. The van der Waals surface area contributed by atoms with Crippen molar-refractivity contribution in [3.8, 4) is 0 Å². The Hall–Kier alpha value is -0.200. The second-order valence-electron chi connectivity index (χ2n) is 36.1. The molecule has 1 aliphatic heterocycles. The maximum Gasteiger partial charge on any atom is 0.0110 e. The highest BCUT2D eigenvalue weighted by Gasteiger charge is 2.20. The molecule has 106 heavy (non-hydrogen) atoms. The summed E-state index contributed by atoms with van der Waals surface area (Å²) in [5.41, 5.74) is 0. The molecule has 0 aliphatic carbocycles. The molecule has 636 valence electrons. The van der Waals surface area contributed by atoms with E-state index in [-0.39, 0.29) is 0 Å². The Balaban J connectivity index is 2.83. The quantitative estimate of drug-likeness (QED) is 0.0563. The lowest BCUT2D eigenvalue weighted by atomic mass is 10.0. The first kappa shape index (κ1) is 104. The van der Waals surface area contributed by atoms with Gasteiger partial charge in [0, 0.05) is 65.4 Å². The number of hydrogen-bond acceptors (Lipinski definition) is 5. The normalized spacial score (nSPS) is 13.2. The minimum absolute atomic E-state index is 1.27. The highest BCUT2D eigenvalue weighted by Crippen LogP contribution is 2.22. The first-order valence-corrected chi connectivity index (χ1v) is 51.3. The van der Waals surface area contributed by atoms with Gasteiger partial charge >= 0.3 is 0 Å². The summed E-state index contributed by atoms with van der Waals surface area (Å²) in [5, 5.41) is 0. The molecule has 5 nitrogen and oxygen atoms in total. The number of rotatable bonds is 95. The lowest BCUT2D eigenvalue weighted by Gasteiger charge is -2.37. The van der Waals surface area contributed by atoms with Gasteiger partial charge in [-0.1, -0.05) is 523 Å². The molecule has 0 unspecified atom stereocenters. The zero-order valence-electron chi connectivity index (χ0n) is 75.1. The Kier molecular flexibility index (Phi) is 90.1. The monoisotopic (exact) mass is 1490 g/mol. The van der Waals surface area contributed by atoms with Crippen molar-refractivity contribution in [2.24, 2.45) is 0 Å². The van der Waals surface area contributed by atoms with Crippen molar-refractivity contribution in [1.29, 1.82) is 0 Å². The average molecular weight is 1490 g/mol. The van der Waals surface area contributed by atoms with Crippen LogP contribution in [0, 0.1) is 0 Å². The van der Waals surface area contributed by atoms with Crippen molar-refractivity contribution < 1.29 is 0 Å². The molecule has 0 spiro atoms. The number of nitrogens with zero attached hydrogens (tertiary/aromatic N) is 5. The lowest BCUT2D eigenvalue weighted by Crippen LogP contribution is -2.50. The van der Waals surface area contributed by atoms with Gasteiger partial charge in [-0.05, 0) is 64.8 Å². The summed E-state index contributed by atoms with van der Waals surface area (Å²) < 4.78 is 0. The van der Waals surface area contributed by atoms with Gasteiger partial charge in [0.05, 0.1) is 0 Å². The molecule has 0 saturated carbocycles. The van der Waals surface area contributed by atoms with Crippen LogP contribution in [-0.4, -0.2) is 123 Å². The van der Waals surface area contributed by atoms with E-state index in [1.807, 2.05) is 0 Å². The van der Waals surface area contributed by atoms with Crippen LogP contribution in [0.1, 0.15) is 555 Å². The molecule has 0 aromatic heterocycles. The third-order valence-corrected chi connectivity index (χ3v) is 25.6. The van der Waals surface area contributed by atoms with Gasteiger partial charge in [-0.3, -0.25) is 9.80 Å². The van der Waals surface area contributed by atoms with Crippen molar-refractivity contribution >= 4 is 0 Å². The van der Waals surface area contributed by atoms with Crippen molar-refractivity contribution in [2.75, 3.05) is 98.2 Å². The summed E-state index contributed by atoms with van der Waals surface area (Å²) in [4.78, 5) is 14.6. The van der Waals surface area contributed by atoms with E-state index in [0.29, 0.717) is 0 Å². The van der Waals surface area contributed by atoms with Gasteiger partial charge in [-0.2, -0.15) is 0 Å². The smallest absolute Gasteiger partial charge is 0.0110 e. The third kappa shape index (κ3) is 81.8. The highest BCUT2D eigenvalue weighted by molar-refractivity contribution is 4.76. The largest absolute Gasteiger partial charge is 0.302 e. The van der Waals surface area contributed by atoms with Gasteiger partial charge in [0.25, 0.3) is 0 Å². The zero-order valence-corrected chi connectivity index (χ0v) is 75.1. The van der Waals surface area contributed by atoms with E-state index >= 15 is 0 Å². The SMILES string of the molecule is CCCCCCCCCCCCCCCCCCCN(CCN(CCCCCCCCCCCCCCCCCC)CCCCCCCCCCCCCCCCCC)CCN1CCN(CCN(CCCCCCCCCCCCCCCCCC)CCCCCCCCCCCCCCCCCC)CC1. The maximum absolute atomic E-state index is 2.97. The molecular formula is C101H207N5. The molecule has 5 heteroatoms. The first-order valence-electron chi connectivity index (χ1n) is 51.3. The van der Waals surface area contributed by atoms with Crippen molar-refractivity contribution in [3.63, 3.8) is 0 Å². The van der Waals surface area contributed by atoms with E-state index in [1.54, 1.807) is 0 Å². The van der Waals surface area contributed by atoms with Gasteiger partial charge in [0.2, 0.25) is 0 Å². The lowest BCUT2D eigenvalue weighted by molar-refractivity contribution is 0.104.